The molecule has 1 rings (SSSR count). The molecule has 0 aliphatic rings. The predicted octanol–water partition coefficient (Wildman–Crippen LogP) is 1.08. The van der Waals surface area contributed by atoms with E-state index in [-0.39, 0.29) is 32.8 Å². The first-order valence-corrected chi connectivity index (χ1v) is 3.18. The van der Waals surface area contributed by atoms with E-state index in [2.05, 4.69) is 0 Å². The van der Waals surface area contributed by atoms with Gasteiger partial charge < -0.3 is 10.2 Å². The summed E-state index contributed by atoms with van der Waals surface area (Å²) in [4.78, 5) is 20.9. The number of benzene rings is 1. The van der Waals surface area contributed by atoms with Crippen LogP contribution in [0.5, 0.6) is 0 Å². The maximum atomic E-state index is 10.5. The molecule has 1 aromatic rings. The predicted molar refractivity (Wildman–Crippen MR) is 40.4 cm³/mol. The molecule has 0 amide bonds. The summed E-state index contributed by atoms with van der Waals surface area (Å²) in [6.07, 6.45) is 0. The van der Waals surface area contributed by atoms with Crippen LogP contribution in [0.3, 0.4) is 0 Å². The number of carboxylic acid groups (broad SMARTS) is 2. The topological polar surface area (TPSA) is 74.6 Å². The number of hydrogen-bond acceptors (Lipinski definition) is 2. The summed E-state index contributed by atoms with van der Waals surface area (Å²) in [5, 5.41) is 17.1. The van der Waals surface area contributed by atoms with Crippen molar-refractivity contribution in [1.82, 2.24) is 0 Å². The van der Waals surface area contributed by atoms with Gasteiger partial charge in [-0.25, -0.2) is 9.59 Å². The van der Waals surface area contributed by atoms with Gasteiger partial charge in [0.15, 0.2) is 0 Å². The second-order valence-corrected chi connectivity index (χ2v) is 2.16. The van der Waals surface area contributed by atoms with Gasteiger partial charge in [0.05, 0.1) is 11.1 Å². The zero-order chi connectivity index (χ0) is 9.14. The molecule has 0 radical (unpaired) electrons. The standard InChI is InChI=1S/C8H6O4.Ti/c9-7(10)5-3-1-2-4-6(5)8(11)12;/h1-4H,(H,9,10)(H,11,12);. The van der Waals surface area contributed by atoms with Crippen molar-refractivity contribution < 1.29 is 41.5 Å². The normalized spacial score (nSPS) is 8.62. The summed E-state index contributed by atoms with van der Waals surface area (Å²) in [6, 6.07) is 5.48. The number of hydrogen-bond donors (Lipinski definition) is 2. The number of rotatable bonds is 2. The number of carbonyl (C=O) groups is 2. The molecule has 0 saturated carbocycles. The molecule has 0 aliphatic carbocycles. The molecule has 0 saturated heterocycles. The van der Waals surface area contributed by atoms with E-state index in [1.54, 1.807) is 0 Å². The third kappa shape index (κ3) is 2.68. The van der Waals surface area contributed by atoms with Gasteiger partial charge in [-0.1, -0.05) is 12.1 Å². The molecule has 0 atom stereocenters. The van der Waals surface area contributed by atoms with Gasteiger partial charge in [-0.3, -0.25) is 0 Å². The van der Waals surface area contributed by atoms with Crippen molar-refractivity contribution in [2.45, 2.75) is 0 Å². The Kier molecular flexibility index (Phi) is 4.38. The molecule has 66 valence electrons. The van der Waals surface area contributed by atoms with Crippen molar-refractivity contribution in [3.63, 3.8) is 0 Å². The molecule has 0 unspecified atom stereocenters. The first-order chi connectivity index (χ1) is 5.63. The fraction of sp³-hybridized carbons (Fsp3) is 0. The van der Waals surface area contributed by atoms with Crippen LogP contribution < -0.4 is 0 Å². The fourth-order valence-electron chi connectivity index (χ4n) is 0.856. The second-order valence-electron chi connectivity index (χ2n) is 2.16. The molecule has 13 heavy (non-hydrogen) atoms. The Morgan fingerprint density at radius 1 is 0.923 bits per heavy atom. The molecule has 2 N–H and O–H groups in total. The van der Waals surface area contributed by atoms with Gasteiger partial charge in [0, 0.05) is 21.7 Å². The molecule has 0 heterocycles. The smallest absolute Gasteiger partial charge is 0.336 e. The van der Waals surface area contributed by atoms with E-state index in [4.69, 9.17) is 10.2 Å². The molecule has 5 heteroatoms. The second kappa shape index (κ2) is 4.79. The zero-order valence-electron chi connectivity index (χ0n) is 6.52. The van der Waals surface area contributed by atoms with Crippen molar-refractivity contribution in [3.8, 4) is 0 Å². The molecule has 0 spiro atoms. The van der Waals surface area contributed by atoms with E-state index in [0.717, 1.165) is 0 Å². The first-order valence-electron chi connectivity index (χ1n) is 3.18. The van der Waals surface area contributed by atoms with Crippen molar-refractivity contribution >= 4 is 11.9 Å². The summed E-state index contributed by atoms with van der Waals surface area (Å²) in [6.45, 7) is 0. The Morgan fingerprint density at radius 2 is 1.23 bits per heavy atom. The number of carboxylic acids is 2. The zero-order valence-corrected chi connectivity index (χ0v) is 8.08. The van der Waals surface area contributed by atoms with E-state index in [1.165, 1.54) is 24.3 Å². The van der Waals surface area contributed by atoms with Gasteiger partial charge in [0.1, 0.15) is 0 Å². The first kappa shape index (κ1) is 11.9. The van der Waals surface area contributed by atoms with Gasteiger partial charge in [0.2, 0.25) is 0 Å². The molecule has 0 aromatic heterocycles. The van der Waals surface area contributed by atoms with Crippen LogP contribution in [0, 0.1) is 0 Å². The summed E-state index contributed by atoms with van der Waals surface area (Å²) < 4.78 is 0. The van der Waals surface area contributed by atoms with Crippen LogP contribution in [0.1, 0.15) is 20.7 Å². The molecule has 0 bridgehead atoms. The van der Waals surface area contributed by atoms with Crippen LogP contribution in [-0.2, 0) is 21.7 Å². The van der Waals surface area contributed by atoms with Gasteiger partial charge >= 0.3 is 11.9 Å². The SMILES string of the molecule is O=C(O)c1ccccc1C(=O)O.[Ti]. The summed E-state index contributed by atoms with van der Waals surface area (Å²) in [5.74, 6) is -2.46. The largest absolute Gasteiger partial charge is 0.478 e. The van der Waals surface area contributed by atoms with Crippen LogP contribution in [-0.4, -0.2) is 22.2 Å². The third-order valence-electron chi connectivity index (χ3n) is 1.39. The maximum absolute atomic E-state index is 10.5. The Bertz CT molecular complexity index is 302. The Hall–Kier alpha value is -1.13. The van der Waals surface area contributed by atoms with Gasteiger partial charge in [-0.15, -0.1) is 0 Å². The van der Waals surface area contributed by atoms with Gasteiger partial charge in [-0.2, -0.15) is 0 Å². The minimum absolute atomic E-state index is 0. The summed E-state index contributed by atoms with van der Waals surface area (Å²) in [7, 11) is 0. The average molecular weight is 214 g/mol. The fourth-order valence-corrected chi connectivity index (χ4v) is 0.856. The van der Waals surface area contributed by atoms with Crippen molar-refractivity contribution in [2.24, 2.45) is 0 Å². The van der Waals surface area contributed by atoms with Crippen LogP contribution >= 0.6 is 0 Å². The van der Waals surface area contributed by atoms with Crippen LogP contribution in [0.2, 0.25) is 0 Å². The summed E-state index contributed by atoms with van der Waals surface area (Å²) >= 11 is 0. The molecule has 4 nitrogen and oxygen atoms in total. The van der Waals surface area contributed by atoms with E-state index in [9.17, 15) is 9.59 Å². The average Bonchev–Trinajstić information content (AvgIpc) is 2.04. The van der Waals surface area contributed by atoms with Crippen LogP contribution in [0.25, 0.3) is 0 Å². The molecule has 0 aliphatic heterocycles. The van der Waals surface area contributed by atoms with E-state index < -0.39 is 11.9 Å². The van der Waals surface area contributed by atoms with E-state index in [0.29, 0.717) is 0 Å². The number of aromatic carboxylic acids is 2. The van der Waals surface area contributed by atoms with Crippen LogP contribution in [0.15, 0.2) is 24.3 Å². The van der Waals surface area contributed by atoms with Crippen LogP contribution in [0.4, 0.5) is 0 Å². The molecule has 1 aromatic carbocycles. The van der Waals surface area contributed by atoms with E-state index >= 15 is 0 Å². The van der Waals surface area contributed by atoms with Gasteiger partial charge in [0.25, 0.3) is 0 Å². The Morgan fingerprint density at radius 3 is 1.46 bits per heavy atom. The summed E-state index contributed by atoms with van der Waals surface area (Å²) in [5.41, 5.74) is -0.380. The third-order valence-corrected chi connectivity index (χ3v) is 1.39. The minimum atomic E-state index is -1.23. The van der Waals surface area contributed by atoms with Crippen molar-refractivity contribution in [1.29, 1.82) is 0 Å². The van der Waals surface area contributed by atoms with E-state index in [1.807, 2.05) is 0 Å². The monoisotopic (exact) mass is 214 g/mol. The minimum Gasteiger partial charge on any atom is -0.478 e. The molecular weight excluding hydrogens is 208 g/mol. The van der Waals surface area contributed by atoms with Crippen molar-refractivity contribution in [2.75, 3.05) is 0 Å². The Balaban J connectivity index is 0.00000144. The van der Waals surface area contributed by atoms with Crippen molar-refractivity contribution in [3.05, 3.63) is 35.4 Å². The molecular formula is C8H6O4Ti. The quantitative estimate of drug-likeness (QED) is 0.722. The van der Waals surface area contributed by atoms with Gasteiger partial charge in [-0.05, 0) is 12.1 Å². The Labute approximate surface area is 89.1 Å². The maximum Gasteiger partial charge on any atom is 0.336 e. The molecule has 0 fully saturated rings.